The van der Waals surface area contributed by atoms with Gasteiger partial charge in [-0.1, -0.05) is 30.3 Å². The molecule has 3 nitrogen and oxygen atoms in total. The lowest BCUT2D eigenvalue weighted by molar-refractivity contribution is 0.541. The Balaban J connectivity index is 2.12. The summed E-state index contributed by atoms with van der Waals surface area (Å²) in [6.07, 6.45) is 4.35. The second-order valence-electron chi connectivity index (χ2n) is 5.16. The van der Waals surface area contributed by atoms with Gasteiger partial charge < -0.3 is 0 Å². The normalized spacial score (nSPS) is 19.1. The van der Waals surface area contributed by atoms with Gasteiger partial charge in [-0.3, -0.25) is 0 Å². The summed E-state index contributed by atoms with van der Waals surface area (Å²) < 4.78 is 27.3. The van der Waals surface area contributed by atoms with E-state index >= 15 is 0 Å². The molecule has 1 fully saturated rings. The average molecular weight is 299 g/mol. The molecule has 2 rings (SSSR count). The van der Waals surface area contributed by atoms with Crippen molar-refractivity contribution in [1.82, 2.24) is 4.72 Å². The van der Waals surface area contributed by atoms with Gasteiger partial charge in [0.25, 0.3) is 0 Å². The first-order chi connectivity index (χ1) is 9.02. The lowest BCUT2D eigenvalue weighted by atomic mass is 10.1. The molecule has 0 spiro atoms. The summed E-state index contributed by atoms with van der Waals surface area (Å²) in [6, 6.07) is 9.56. The molecule has 0 radical (unpaired) electrons. The van der Waals surface area contributed by atoms with Gasteiger partial charge in [-0.15, -0.1) is 0 Å². The number of rotatable bonds is 7. The fourth-order valence-electron chi connectivity index (χ4n) is 2.30. The van der Waals surface area contributed by atoms with Crippen molar-refractivity contribution in [2.75, 3.05) is 12.0 Å². The Bertz CT molecular complexity index is 510. The Hall–Kier alpha value is -0.520. The van der Waals surface area contributed by atoms with E-state index in [2.05, 4.69) is 4.72 Å². The van der Waals surface area contributed by atoms with Crippen LogP contribution >= 0.6 is 11.8 Å². The molecule has 0 aliphatic heterocycles. The molecule has 1 aromatic carbocycles. The zero-order valence-electron chi connectivity index (χ0n) is 11.4. The summed E-state index contributed by atoms with van der Waals surface area (Å²) in [6.45, 7) is 1.94. The average Bonchev–Trinajstić information content (AvgIpc) is 3.19. The van der Waals surface area contributed by atoms with Crippen molar-refractivity contribution in [3.63, 3.8) is 0 Å². The van der Waals surface area contributed by atoms with Crippen LogP contribution in [-0.4, -0.2) is 26.5 Å². The first kappa shape index (κ1) is 14.9. The third-order valence-corrected chi connectivity index (χ3v) is 6.66. The van der Waals surface area contributed by atoms with Crippen LogP contribution in [0.3, 0.4) is 0 Å². The predicted octanol–water partition coefficient (Wildman–Crippen LogP) is 2.74. The minimum absolute atomic E-state index is 0.00126. The Labute approximate surface area is 120 Å². The topological polar surface area (TPSA) is 46.2 Å². The van der Waals surface area contributed by atoms with Crippen molar-refractivity contribution in [3.05, 3.63) is 35.9 Å². The van der Waals surface area contributed by atoms with E-state index in [1.54, 1.807) is 11.8 Å². The van der Waals surface area contributed by atoms with E-state index in [0.29, 0.717) is 0 Å². The largest absolute Gasteiger partial charge is 0.221 e. The molecular weight excluding hydrogens is 278 g/mol. The second-order valence-corrected chi connectivity index (χ2v) is 8.17. The highest BCUT2D eigenvalue weighted by Crippen LogP contribution is 2.52. The van der Waals surface area contributed by atoms with Gasteiger partial charge in [0.2, 0.25) is 10.0 Å². The maximum absolute atomic E-state index is 12.6. The van der Waals surface area contributed by atoms with Gasteiger partial charge in [-0.2, -0.15) is 11.8 Å². The second kappa shape index (κ2) is 5.85. The van der Waals surface area contributed by atoms with Crippen molar-refractivity contribution in [2.24, 2.45) is 0 Å². The minimum Gasteiger partial charge on any atom is -0.212 e. The van der Waals surface area contributed by atoms with Gasteiger partial charge >= 0.3 is 0 Å². The summed E-state index contributed by atoms with van der Waals surface area (Å²) in [7, 11) is -3.29. The molecular formula is C14H21NO2S2. The monoisotopic (exact) mass is 299 g/mol. The summed E-state index contributed by atoms with van der Waals surface area (Å²) in [5, 5.41) is 0. The summed E-state index contributed by atoms with van der Waals surface area (Å²) >= 11 is 1.74. The third kappa shape index (κ3) is 3.15. The van der Waals surface area contributed by atoms with Crippen LogP contribution in [0.25, 0.3) is 0 Å². The van der Waals surface area contributed by atoms with Crippen molar-refractivity contribution in [3.8, 4) is 0 Å². The van der Waals surface area contributed by atoms with Gasteiger partial charge in [0.15, 0.2) is 0 Å². The van der Waals surface area contributed by atoms with Crippen LogP contribution in [0.1, 0.15) is 31.7 Å². The van der Waals surface area contributed by atoms with E-state index < -0.39 is 14.8 Å². The lowest BCUT2D eigenvalue weighted by Crippen LogP contribution is -2.40. The molecule has 1 aliphatic carbocycles. The van der Waals surface area contributed by atoms with Crippen LogP contribution in [0.15, 0.2) is 30.3 Å². The van der Waals surface area contributed by atoms with Gasteiger partial charge in [0, 0.05) is 6.04 Å². The molecule has 0 saturated heterocycles. The molecule has 1 aromatic rings. The highest BCUT2D eigenvalue weighted by molar-refractivity contribution is 7.98. The molecule has 0 aromatic heterocycles. The fraction of sp³-hybridized carbons (Fsp3) is 0.571. The number of hydrogen-bond acceptors (Lipinski definition) is 3. The van der Waals surface area contributed by atoms with Gasteiger partial charge in [-0.25, -0.2) is 13.1 Å². The molecule has 1 atom stereocenters. The van der Waals surface area contributed by atoms with E-state index in [1.807, 2.05) is 43.5 Å². The molecule has 1 unspecified atom stereocenters. The van der Waals surface area contributed by atoms with E-state index in [0.717, 1.165) is 30.6 Å². The van der Waals surface area contributed by atoms with Crippen LogP contribution in [0, 0.1) is 0 Å². The third-order valence-electron chi connectivity index (χ3n) is 3.63. The van der Waals surface area contributed by atoms with Crippen molar-refractivity contribution >= 4 is 21.8 Å². The number of hydrogen-bond donors (Lipinski definition) is 1. The summed E-state index contributed by atoms with van der Waals surface area (Å²) in [5.41, 5.74) is 0.916. The summed E-state index contributed by atoms with van der Waals surface area (Å²) in [4.78, 5) is 0. The smallest absolute Gasteiger partial charge is 0.212 e. The van der Waals surface area contributed by atoms with Crippen LogP contribution in [0.5, 0.6) is 0 Å². The van der Waals surface area contributed by atoms with Crippen LogP contribution in [-0.2, 0) is 14.8 Å². The highest BCUT2D eigenvalue weighted by atomic mass is 32.2. The molecule has 0 amide bonds. The van der Waals surface area contributed by atoms with E-state index in [1.165, 1.54) is 0 Å². The number of sulfonamides is 1. The fourth-order valence-corrected chi connectivity index (χ4v) is 4.85. The van der Waals surface area contributed by atoms with E-state index in [9.17, 15) is 8.42 Å². The zero-order chi connectivity index (χ0) is 13.9. The van der Waals surface area contributed by atoms with Crippen LogP contribution in [0.4, 0.5) is 0 Å². The predicted molar refractivity (Wildman–Crippen MR) is 81.9 cm³/mol. The summed E-state index contributed by atoms with van der Waals surface area (Å²) in [5.74, 6) is 0.974. The Kier molecular flexibility index (Phi) is 4.58. The van der Waals surface area contributed by atoms with Crippen molar-refractivity contribution in [2.45, 2.75) is 37.0 Å². The molecule has 19 heavy (non-hydrogen) atoms. The quantitative estimate of drug-likeness (QED) is 0.842. The van der Waals surface area contributed by atoms with Crippen LogP contribution in [0.2, 0.25) is 0 Å². The molecule has 1 N–H and O–H groups in total. The minimum atomic E-state index is -3.29. The first-order valence-corrected chi connectivity index (χ1v) is 9.46. The Morgan fingerprint density at radius 3 is 2.47 bits per heavy atom. The lowest BCUT2D eigenvalue weighted by Gasteiger charge is -2.21. The van der Waals surface area contributed by atoms with E-state index in [-0.39, 0.29) is 6.04 Å². The molecule has 1 aliphatic rings. The maximum Gasteiger partial charge on any atom is 0.221 e. The number of thioether (sulfide) groups is 1. The van der Waals surface area contributed by atoms with Crippen molar-refractivity contribution < 1.29 is 8.42 Å². The van der Waals surface area contributed by atoms with Gasteiger partial charge in [0.05, 0.1) is 0 Å². The van der Waals surface area contributed by atoms with Crippen molar-refractivity contribution in [1.29, 1.82) is 0 Å². The molecule has 0 heterocycles. The highest BCUT2D eigenvalue weighted by Gasteiger charge is 2.55. The Morgan fingerprint density at radius 2 is 1.95 bits per heavy atom. The number of nitrogens with one attached hydrogen (secondary N) is 1. The van der Waals surface area contributed by atoms with Crippen LogP contribution < -0.4 is 4.72 Å². The van der Waals surface area contributed by atoms with Gasteiger partial charge in [0.1, 0.15) is 4.75 Å². The maximum atomic E-state index is 12.6. The van der Waals surface area contributed by atoms with E-state index in [4.69, 9.17) is 0 Å². The first-order valence-electron chi connectivity index (χ1n) is 6.58. The molecule has 0 bridgehead atoms. The zero-order valence-corrected chi connectivity index (χ0v) is 13.1. The van der Waals surface area contributed by atoms with Gasteiger partial charge in [-0.05, 0) is 43.8 Å². The standard InChI is InChI=1S/C14H21NO2S2/c1-12(8-11-18-2)15-19(16,17)14(9-10-14)13-6-4-3-5-7-13/h3-7,12,15H,8-11H2,1-2H3. The number of benzene rings is 1. The Morgan fingerprint density at radius 1 is 1.32 bits per heavy atom. The molecule has 106 valence electrons. The SMILES string of the molecule is CSCCC(C)NS(=O)(=O)C1(c2ccccc2)CC1. The molecule has 1 saturated carbocycles. The molecule has 5 heteroatoms.